The number of carbonyl (C=O) groups excluding carboxylic acids is 2. The molecule has 0 heterocycles. The van der Waals surface area contributed by atoms with Gasteiger partial charge in [0, 0.05) is 0 Å². The molecule has 0 radical (unpaired) electrons. The maximum Gasteiger partial charge on any atom is 0.170 e. The third kappa shape index (κ3) is 3.32. The fourth-order valence-corrected chi connectivity index (χ4v) is 0.465. The van der Waals surface area contributed by atoms with Gasteiger partial charge in [0.15, 0.2) is 5.78 Å². The Bertz CT molecular complexity index is 141. The van der Waals surface area contributed by atoms with E-state index >= 15 is 0 Å². The van der Waals surface area contributed by atoms with Gasteiger partial charge in [-0.3, -0.25) is 9.59 Å². The molecule has 0 bridgehead atoms. The Morgan fingerprint density at radius 1 is 1.50 bits per heavy atom. The van der Waals surface area contributed by atoms with Crippen molar-refractivity contribution in [2.24, 2.45) is 0 Å². The van der Waals surface area contributed by atoms with Gasteiger partial charge in [0.25, 0.3) is 0 Å². The van der Waals surface area contributed by atoms with E-state index in [1.807, 2.05) is 0 Å². The molecule has 0 spiro atoms. The van der Waals surface area contributed by atoms with Crippen LogP contribution in [0.3, 0.4) is 0 Å². The van der Waals surface area contributed by atoms with Crippen LogP contribution in [-0.2, 0) is 9.59 Å². The monoisotopic (exact) mass is 146 g/mol. The van der Waals surface area contributed by atoms with E-state index in [1.54, 1.807) is 0 Å². The van der Waals surface area contributed by atoms with Gasteiger partial charge < -0.3 is 10.2 Å². The summed E-state index contributed by atoms with van der Waals surface area (Å²) in [6.45, 7) is 0.633. The minimum absolute atomic E-state index is 0.304. The van der Waals surface area contributed by atoms with Crippen molar-refractivity contribution < 1.29 is 19.8 Å². The maximum atomic E-state index is 10.6. The Kier molecular flexibility index (Phi) is 3.83. The van der Waals surface area contributed by atoms with Crippen LogP contribution in [0.4, 0.5) is 0 Å². The predicted molar refractivity (Wildman–Crippen MR) is 33.4 cm³/mol. The van der Waals surface area contributed by atoms with Gasteiger partial charge in [0.05, 0.1) is 13.0 Å². The van der Waals surface area contributed by atoms with Crippen LogP contribution >= 0.6 is 0 Å². The maximum absolute atomic E-state index is 10.6. The molecule has 0 aromatic rings. The minimum atomic E-state index is -1.40. The van der Waals surface area contributed by atoms with Gasteiger partial charge in [-0.15, -0.1) is 0 Å². The van der Waals surface area contributed by atoms with E-state index in [0.717, 1.165) is 0 Å². The van der Waals surface area contributed by atoms with E-state index < -0.39 is 18.5 Å². The molecule has 4 nitrogen and oxygen atoms in total. The number of hydrogen-bond acceptors (Lipinski definition) is 4. The third-order valence-corrected chi connectivity index (χ3v) is 0.968. The van der Waals surface area contributed by atoms with E-state index in [0.29, 0.717) is 0 Å². The summed E-state index contributed by atoms with van der Waals surface area (Å²) in [5, 5.41) is 16.9. The van der Waals surface area contributed by atoms with Crippen molar-refractivity contribution in [2.75, 3.05) is 6.61 Å². The summed E-state index contributed by atoms with van der Waals surface area (Å²) in [4.78, 5) is 20.8. The van der Waals surface area contributed by atoms with Crippen LogP contribution < -0.4 is 0 Å². The first-order chi connectivity index (χ1) is 4.57. The molecular weight excluding hydrogens is 136 g/mol. The van der Waals surface area contributed by atoms with Gasteiger partial charge >= 0.3 is 0 Å². The van der Waals surface area contributed by atoms with Crippen molar-refractivity contribution in [2.45, 2.75) is 19.4 Å². The predicted octanol–water partition coefficient (Wildman–Crippen LogP) is -1.11. The second-order valence-electron chi connectivity index (χ2n) is 2.04. The number of aliphatic hydroxyl groups is 2. The molecule has 2 N–H and O–H groups in total. The van der Waals surface area contributed by atoms with E-state index in [1.165, 1.54) is 6.92 Å². The Labute approximate surface area is 58.5 Å². The van der Waals surface area contributed by atoms with Crippen molar-refractivity contribution in [3.05, 3.63) is 0 Å². The molecule has 0 amide bonds. The average molecular weight is 146 g/mol. The summed E-state index contributed by atoms with van der Waals surface area (Å²) in [5.74, 6) is -0.937. The van der Waals surface area contributed by atoms with Crippen LogP contribution in [0.15, 0.2) is 0 Å². The summed E-state index contributed by atoms with van der Waals surface area (Å²) in [7, 11) is 0. The summed E-state index contributed by atoms with van der Waals surface area (Å²) in [5.41, 5.74) is 0. The molecule has 0 fully saturated rings. The Balaban J connectivity index is 3.73. The zero-order valence-electron chi connectivity index (χ0n) is 5.70. The number of ketones is 2. The highest BCUT2D eigenvalue weighted by Crippen LogP contribution is 1.91. The Morgan fingerprint density at radius 2 is 2.00 bits per heavy atom. The van der Waals surface area contributed by atoms with Crippen LogP contribution in [0.5, 0.6) is 0 Å². The van der Waals surface area contributed by atoms with Gasteiger partial charge in [0.2, 0.25) is 0 Å². The van der Waals surface area contributed by atoms with Crippen molar-refractivity contribution in [3.8, 4) is 0 Å². The summed E-state index contributed by atoms with van der Waals surface area (Å²) in [6, 6.07) is 0. The first-order valence-electron chi connectivity index (χ1n) is 2.89. The Morgan fingerprint density at radius 3 is 2.30 bits per heavy atom. The quantitative estimate of drug-likeness (QED) is 0.493. The molecule has 0 rings (SSSR count). The minimum Gasteiger partial charge on any atom is -0.393 e. The fraction of sp³-hybridized carbons (Fsp3) is 0.667. The topological polar surface area (TPSA) is 74.6 Å². The van der Waals surface area contributed by atoms with Crippen molar-refractivity contribution in [1.29, 1.82) is 0 Å². The van der Waals surface area contributed by atoms with E-state index in [2.05, 4.69) is 0 Å². The molecule has 0 aliphatic rings. The molecule has 10 heavy (non-hydrogen) atoms. The zero-order chi connectivity index (χ0) is 8.15. The molecule has 1 unspecified atom stereocenters. The summed E-state index contributed by atoms with van der Waals surface area (Å²) < 4.78 is 0. The number of aliphatic hydroxyl groups excluding tert-OH is 2. The number of rotatable bonds is 4. The number of carbonyl (C=O) groups is 2. The van der Waals surface area contributed by atoms with E-state index in [9.17, 15) is 9.59 Å². The molecule has 0 aliphatic heterocycles. The van der Waals surface area contributed by atoms with Crippen molar-refractivity contribution in [3.63, 3.8) is 0 Å². The van der Waals surface area contributed by atoms with E-state index in [-0.39, 0.29) is 12.2 Å². The van der Waals surface area contributed by atoms with Gasteiger partial charge in [-0.25, -0.2) is 0 Å². The van der Waals surface area contributed by atoms with Crippen molar-refractivity contribution in [1.82, 2.24) is 0 Å². The van der Waals surface area contributed by atoms with Crippen LogP contribution in [0.1, 0.15) is 13.3 Å². The molecule has 0 saturated carbocycles. The summed E-state index contributed by atoms with van der Waals surface area (Å²) in [6.07, 6.45) is -1.70. The lowest BCUT2D eigenvalue weighted by atomic mass is 10.1. The lowest BCUT2D eigenvalue weighted by Gasteiger charge is -2.02. The third-order valence-electron chi connectivity index (χ3n) is 0.968. The highest BCUT2D eigenvalue weighted by molar-refractivity contribution is 5.99. The SMILES string of the molecule is CC(=O)CC(=O)C(O)CO. The van der Waals surface area contributed by atoms with E-state index in [4.69, 9.17) is 10.2 Å². The number of hydrogen-bond donors (Lipinski definition) is 2. The zero-order valence-corrected chi connectivity index (χ0v) is 5.70. The van der Waals surface area contributed by atoms with Crippen LogP contribution in [0.2, 0.25) is 0 Å². The van der Waals surface area contributed by atoms with Crippen molar-refractivity contribution >= 4 is 11.6 Å². The second-order valence-corrected chi connectivity index (χ2v) is 2.04. The number of Topliss-reactive ketones (excluding diaryl/α,β-unsaturated/α-hetero) is 2. The molecule has 0 aromatic carbocycles. The van der Waals surface area contributed by atoms with Crippen LogP contribution in [0.25, 0.3) is 0 Å². The first kappa shape index (κ1) is 9.26. The van der Waals surface area contributed by atoms with Crippen LogP contribution in [0, 0.1) is 0 Å². The lowest BCUT2D eigenvalue weighted by molar-refractivity contribution is -0.132. The highest BCUT2D eigenvalue weighted by atomic mass is 16.3. The van der Waals surface area contributed by atoms with Gasteiger partial charge in [-0.2, -0.15) is 0 Å². The van der Waals surface area contributed by atoms with Gasteiger partial charge in [0.1, 0.15) is 11.9 Å². The van der Waals surface area contributed by atoms with Crippen LogP contribution in [-0.4, -0.2) is 34.5 Å². The highest BCUT2D eigenvalue weighted by Gasteiger charge is 2.14. The normalized spacial score (nSPS) is 12.7. The first-order valence-corrected chi connectivity index (χ1v) is 2.89. The second kappa shape index (κ2) is 4.14. The molecule has 4 heteroatoms. The molecule has 0 saturated heterocycles. The average Bonchev–Trinajstić information content (AvgIpc) is 1.85. The molecule has 0 aromatic heterocycles. The van der Waals surface area contributed by atoms with Gasteiger partial charge in [-0.05, 0) is 6.92 Å². The van der Waals surface area contributed by atoms with Gasteiger partial charge in [-0.1, -0.05) is 0 Å². The Hall–Kier alpha value is -0.740. The molecular formula is C6H10O4. The molecule has 58 valence electrons. The molecule has 1 atom stereocenters. The standard InChI is InChI=1S/C6H10O4/c1-4(8)2-5(9)6(10)3-7/h6-7,10H,2-3H2,1H3. The molecule has 0 aliphatic carbocycles. The fourth-order valence-electron chi connectivity index (χ4n) is 0.465. The summed E-state index contributed by atoms with van der Waals surface area (Å²) >= 11 is 0. The lowest BCUT2D eigenvalue weighted by Crippen LogP contribution is -2.25. The smallest absolute Gasteiger partial charge is 0.170 e. The largest absolute Gasteiger partial charge is 0.393 e.